The van der Waals surface area contributed by atoms with Crippen LogP contribution in [0, 0.1) is 5.92 Å². The van der Waals surface area contributed by atoms with Crippen LogP contribution in [-0.2, 0) is 9.59 Å². The first-order valence-corrected chi connectivity index (χ1v) is 17.2. The predicted molar refractivity (Wildman–Crippen MR) is 186 cm³/mol. The number of rotatable bonds is 30. The van der Waals surface area contributed by atoms with Crippen molar-refractivity contribution < 1.29 is 9.59 Å². The summed E-state index contributed by atoms with van der Waals surface area (Å²) in [5, 5.41) is 0. The molecule has 1 radical (unpaired) electrons. The first-order chi connectivity index (χ1) is 20.8. The lowest BCUT2D eigenvalue weighted by Crippen LogP contribution is -2.15. The fourth-order valence-corrected chi connectivity index (χ4v) is 4.50. The SMILES string of the molecule is CCCCCC=CCC=CCC=CCC=CCCC([C]=O)C(=O)CCCC=CCC=CCC=CCCCCCCCC. The Balaban J connectivity index is 3.78. The van der Waals surface area contributed by atoms with E-state index in [-0.39, 0.29) is 5.78 Å². The molecular formula is C40H63O2. The highest BCUT2D eigenvalue weighted by atomic mass is 16.1. The third kappa shape index (κ3) is 30.5. The minimum atomic E-state index is -0.586. The summed E-state index contributed by atoms with van der Waals surface area (Å²) >= 11 is 0. The lowest BCUT2D eigenvalue weighted by molar-refractivity contribution is -0.121. The minimum Gasteiger partial charge on any atom is -0.299 e. The first-order valence-electron chi connectivity index (χ1n) is 17.2. The largest absolute Gasteiger partial charge is 0.299 e. The number of Topliss-reactive ketones (excluding diaryl/α,β-unsaturated/α-hetero) is 1. The number of hydrogen-bond donors (Lipinski definition) is 0. The van der Waals surface area contributed by atoms with Crippen LogP contribution in [-0.4, -0.2) is 12.1 Å². The smallest absolute Gasteiger partial charge is 0.209 e. The molecule has 0 aromatic carbocycles. The minimum absolute atomic E-state index is 0.0296. The van der Waals surface area contributed by atoms with Crippen LogP contribution < -0.4 is 0 Å². The van der Waals surface area contributed by atoms with Crippen LogP contribution in [0.2, 0.25) is 0 Å². The van der Waals surface area contributed by atoms with Crippen LogP contribution >= 0.6 is 0 Å². The molecule has 1 atom stereocenters. The predicted octanol–water partition coefficient (Wildman–Crippen LogP) is 12.4. The van der Waals surface area contributed by atoms with E-state index in [1.165, 1.54) is 70.6 Å². The monoisotopic (exact) mass is 575 g/mol. The number of carbonyl (C=O) groups is 1. The van der Waals surface area contributed by atoms with Gasteiger partial charge < -0.3 is 0 Å². The van der Waals surface area contributed by atoms with Crippen molar-refractivity contribution in [3.63, 3.8) is 0 Å². The van der Waals surface area contributed by atoms with Gasteiger partial charge in [-0.15, -0.1) is 0 Å². The van der Waals surface area contributed by atoms with Gasteiger partial charge in [0.1, 0.15) is 5.78 Å². The second-order valence-corrected chi connectivity index (χ2v) is 11.1. The summed E-state index contributed by atoms with van der Waals surface area (Å²) < 4.78 is 0. The molecule has 1 unspecified atom stereocenters. The maximum Gasteiger partial charge on any atom is 0.209 e. The summed E-state index contributed by atoms with van der Waals surface area (Å²) in [6, 6.07) is 0. The number of carbonyl (C=O) groups excluding carboxylic acids is 2. The van der Waals surface area contributed by atoms with E-state index in [2.05, 4.69) is 98.9 Å². The Morgan fingerprint density at radius 2 is 0.833 bits per heavy atom. The van der Waals surface area contributed by atoms with Crippen LogP contribution in [0.4, 0.5) is 0 Å². The summed E-state index contributed by atoms with van der Waals surface area (Å²) in [5.74, 6) is -0.557. The average molecular weight is 576 g/mol. The Labute approximate surface area is 260 Å². The second-order valence-electron chi connectivity index (χ2n) is 11.1. The van der Waals surface area contributed by atoms with Crippen molar-refractivity contribution >= 4 is 12.1 Å². The highest BCUT2D eigenvalue weighted by molar-refractivity contribution is 5.93. The highest BCUT2D eigenvalue weighted by Gasteiger charge is 2.16. The standard InChI is InChI=1S/C40H63O2/c1-3-5-7-9-11-13-15-17-19-21-23-25-27-29-31-33-35-37-40(42)39(38-41)36-34-32-30-28-26-24-22-20-18-16-14-12-10-8-6-4-2/h12,14,17-20,23-26,29-32,39H,3-11,13,15-16,21-22,27-28,33-37H2,1-2H3. The van der Waals surface area contributed by atoms with Gasteiger partial charge in [0.25, 0.3) is 0 Å². The van der Waals surface area contributed by atoms with Gasteiger partial charge in [0.15, 0.2) is 0 Å². The second kappa shape index (κ2) is 34.7. The van der Waals surface area contributed by atoms with Gasteiger partial charge in [0.05, 0.1) is 5.92 Å². The van der Waals surface area contributed by atoms with Crippen LogP contribution in [0.25, 0.3) is 0 Å². The van der Waals surface area contributed by atoms with Crippen molar-refractivity contribution in [2.24, 2.45) is 5.92 Å². The molecule has 0 aromatic rings. The van der Waals surface area contributed by atoms with Gasteiger partial charge in [0.2, 0.25) is 6.29 Å². The molecule has 0 amide bonds. The Hall–Kier alpha value is -2.48. The zero-order valence-electron chi connectivity index (χ0n) is 27.3. The Morgan fingerprint density at radius 3 is 1.31 bits per heavy atom. The zero-order valence-corrected chi connectivity index (χ0v) is 27.3. The summed E-state index contributed by atoms with van der Waals surface area (Å²) in [6.45, 7) is 4.50. The molecule has 0 saturated carbocycles. The van der Waals surface area contributed by atoms with Gasteiger partial charge in [-0.25, -0.2) is 0 Å². The summed E-state index contributed by atoms with van der Waals surface area (Å²) in [7, 11) is 0. The molecule has 2 nitrogen and oxygen atoms in total. The number of allylic oxidation sites excluding steroid dienone is 14. The van der Waals surface area contributed by atoms with Crippen LogP contribution in [0.5, 0.6) is 0 Å². The first kappa shape index (κ1) is 39.5. The van der Waals surface area contributed by atoms with Gasteiger partial charge in [0, 0.05) is 6.42 Å². The van der Waals surface area contributed by atoms with E-state index in [0.29, 0.717) is 12.8 Å². The van der Waals surface area contributed by atoms with E-state index in [0.717, 1.165) is 51.4 Å². The van der Waals surface area contributed by atoms with E-state index < -0.39 is 5.92 Å². The normalized spacial score (nSPS) is 13.5. The van der Waals surface area contributed by atoms with E-state index in [4.69, 9.17) is 0 Å². The molecule has 0 fully saturated rings. The molecule has 0 aliphatic heterocycles. The van der Waals surface area contributed by atoms with Gasteiger partial charge in [-0.05, 0) is 83.5 Å². The molecule has 0 rings (SSSR count). The molecule has 0 N–H and O–H groups in total. The Bertz CT molecular complexity index is 805. The van der Waals surface area contributed by atoms with Crippen LogP contribution in [0.15, 0.2) is 85.1 Å². The van der Waals surface area contributed by atoms with Crippen molar-refractivity contribution in [2.45, 2.75) is 149 Å². The van der Waals surface area contributed by atoms with E-state index in [1.807, 2.05) is 6.29 Å². The van der Waals surface area contributed by atoms with E-state index >= 15 is 0 Å². The number of hydrogen-bond acceptors (Lipinski definition) is 2. The Morgan fingerprint density at radius 1 is 0.476 bits per heavy atom. The maximum absolute atomic E-state index is 12.4. The zero-order chi connectivity index (χ0) is 30.6. The van der Waals surface area contributed by atoms with E-state index in [1.54, 1.807) is 0 Å². The van der Waals surface area contributed by atoms with Gasteiger partial charge >= 0.3 is 0 Å². The molecule has 0 aromatic heterocycles. The molecule has 0 aliphatic carbocycles. The molecule has 235 valence electrons. The van der Waals surface area contributed by atoms with Crippen molar-refractivity contribution in [3.05, 3.63) is 85.1 Å². The Kier molecular flexibility index (Phi) is 32.7. The van der Waals surface area contributed by atoms with Gasteiger partial charge in [-0.1, -0.05) is 144 Å². The molecule has 0 heterocycles. The van der Waals surface area contributed by atoms with Crippen molar-refractivity contribution in [2.75, 3.05) is 0 Å². The third-order valence-electron chi connectivity index (χ3n) is 7.17. The fourth-order valence-electron chi connectivity index (χ4n) is 4.50. The molecule has 0 saturated heterocycles. The fraction of sp³-hybridized carbons (Fsp3) is 0.600. The molecular weight excluding hydrogens is 512 g/mol. The van der Waals surface area contributed by atoms with Crippen LogP contribution in [0.1, 0.15) is 149 Å². The molecule has 0 bridgehead atoms. The highest BCUT2D eigenvalue weighted by Crippen LogP contribution is 2.12. The maximum atomic E-state index is 12.4. The van der Waals surface area contributed by atoms with Crippen molar-refractivity contribution in [1.29, 1.82) is 0 Å². The quantitative estimate of drug-likeness (QED) is 0.0485. The summed E-state index contributed by atoms with van der Waals surface area (Å²) in [6.07, 6.45) is 55.4. The number of unbranched alkanes of at least 4 members (excludes halogenated alkanes) is 10. The summed E-state index contributed by atoms with van der Waals surface area (Å²) in [5.41, 5.74) is 0. The van der Waals surface area contributed by atoms with Crippen molar-refractivity contribution in [3.8, 4) is 0 Å². The molecule has 2 heteroatoms. The molecule has 0 spiro atoms. The van der Waals surface area contributed by atoms with E-state index in [9.17, 15) is 9.59 Å². The molecule has 42 heavy (non-hydrogen) atoms. The van der Waals surface area contributed by atoms with Gasteiger partial charge in [-0.2, -0.15) is 0 Å². The topological polar surface area (TPSA) is 34.1 Å². The van der Waals surface area contributed by atoms with Crippen molar-refractivity contribution in [1.82, 2.24) is 0 Å². The number of ketones is 1. The lowest BCUT2D eigenvalue weighted by atomic mass is 9.96. The summed E-state index contributed by atoms with van der Waals surface area (Å²) in [4.78, 5) is 23.7. The molecule has 0 aliphatic rings. The van der Waals surface area contributed by atoms with Gasteiger partial charge in [-0.3, -0.25) is 9.59 Å². The van der Waals surface area contributed by atoms with Crippen LogP contribution in [0.3, 0.4) is 0 Å². The average Bonchev–Trinajstić information content (AvgIpc) is 3.00. The third-order valence-corrected chi connectivity index (χ3v) is 7.17. The lowest BCUT2D eigenvalue weighted by Gasteiger charge is -2.06.